The molecule has 0 radical (unpaired) electrons. The van der Waals surface area contributed by atoms with Crippen molar-refractivity contribution in [1.82, 2.24) is 9.88 Å². The molecule has 0 fully saturated rings. The van der Waals surface area contributed by atoms with E-state index in [9.17, 15) is 22.0 Å². The molecule has 0 spiro atoms. The van der Waals surface area contributed by atoms with Crippen LogP contribution in [0.25, 0.3) is 11.1 Å². The monoisotopic (exact) mass is 534 g/mol. The summed E-state index contributed by atoms with van der Waals surface area (Å²) in [5, 5.41) is 0.0738. The third kappa shape index (κ3) is 4.40. The number of para-hydroxylation sites is 1. The zero-order chi connectivity index (χ0) is 26.3. The molecule has 2 aromatic carbocycles. The van der Waals surface area contributed by atoms with Gasteiger partial charge in [-0.15, -0.1) is 0 Å². The second-order valence-corrected chi connectivity index (χ2v) is 10.2. The molecular formula is C24H21ClF2N4O4S. The summed E-state index contributed by atoms with van der Waals surface area (Å²) < 4.78 is 59.8. The number of pyridine rings is 1. The minimum absolute atomic E-state index is 0.0595. The molecule has 36 heavy (non-hydrogen) atoms. The summed E-state index contributed by atoms with van der Waals surface area (Å²) in [5.74, 6) is -2.99. The van der Waals surface area contributed by atoms with Crippen LogP contribution in [0, 0.1) is 11.8 Å². The van der Waals surface area contributed by atoms with Crippen molar-refractivity contribution in [3.8, 4) is 16.9 Å². The molecule has 1 unspecified atom stereocenters. The highest BCUT2D eigenvalue weighted by Crippen LogP contribution is 2.45. The predicted molar refractivity (Wildman–Crippen MR) is 131 cm³/mol. The van der Waals surface area contributed by atoms with Crippen molar-refractivity contribution in [3.63, 3.8) is 0 Å². The Morgan fingerprint density at radius 1 is 1.14 bits per heavy atom. The number of amides is 1. The second kappa shape index (κ2) is 9.47. The van der Waals surface area contributed by atoms with Gasteiger partial charge in [-0.25, -0.2) is 14.4 Å². The van der Waals surface area contributed by atoms with Crippen LogP contribution in [0.5, 0.6) is 5.75 Å². The van der Waals surface area contributed by atoms with Gasteiger partial charge in [0.2, 0.25) is 5.95 Å². The number of nitrogens with zero attached hydrogens (tertiary/aromatic N) is 3. The van der Waals surface area contributed by atoms with Gasteiger partial charge in [-0.1, -0.05) is 42.8 Å². The summed E-state index contributed by atoms with van der Waals surface area (Å²) in [6, 6.07) is 10.7. The van der Waals surface area contributed by atoms with Gasteiger partial charge in [-0.05, 0) is 36.2 Å². The molecule has 0 aliphatic carbocycles. The third-order valence-corrected chi connectivity index (χ3v) is 7.22. The van der Waals surface area contributed by atoms with Crippen molar-refractivity contribution in [2.45, 2.75) is 18.9 Å². The number of carbonyl (C=O) groups is 1. The summed E-state index contributed by atoms with van der Waals surface area (Å²) >= 11 is 5.95. The standard InChI is InChI=1S/C24H21ClF2N4O4S/c1-3-10-36(33,34)35-20-7-5-4-6-18(20)24(22(32)31(2)23(28)30-24)14-8-9-19(26)16(11-14)17-12-15(25)13-29-21(17)27/h4-9,11-13H,3,10H2,1-2H3,(H2,28,30). The number of carbonyl (C=O) groups excluding carboxylic acids is 1. The van der Waals surface area contributed by atoms with E-state index in [-0.39, 0.29) is 44.7 Å². The first kappa shape index (κ1) is 25.5. The lowest BCUT2D eigenvalue weighted by Gasteiger charge is -2.28. The number of halogens is 3. The van der Waals surface area contributed by atoms with E-state index in [1.165, 1.54) is 43.4 Å². The van der Waals surface area contributed by atoms with Crippen molar-refractivity contribution in [2.75, 3.05) is 12.8 Å². The summed E-state index contributed by atoms with van der Waals surface area (Å²) in [6.45, 7) is 1.68. The Morgan fingerprint density at radius 2 is 1.86 bits per heavy atom. The van der Waals surface area contributed by atoms with Crippen LogP contribution in [0.2, 0.25) is 5.02 Å². The molecule has 8 nitrogen and oxygen atoms in total. The number of rotatable bonds is 7. The molecule has 1 amide bonds. The number of hydrogen-bond donors (Lipinski definition) is 1. The number of guanidine groups is 1. The van der Waals surface area contributed by atoms with Crippen LogP contribution in [0.15, 0.2) is 59.7 Å². The molecule has 4 rings (SSSR count). The maximum atomic E-state index is 14.9. The summed E-state index contributed by atoms with van der Waals surface area (Å²) in [7, 11) is -2.60. The molecule has 2 heterocycles. The van der Waals surface area contributed by atoms with E-state index in [0.29, 0.717) is 6.42 Å². The summed E-state index contributed by atoms with van der Waals surface area (Å²) in [6.07, 6.45) is 1.39. The van der Waals surface area contributed by atoms with E-state index in [0.717, 1.165) is 17.2 Å². The first-order chi connectivity index (χ1) is 17.0. The fourth-order valence-electron chi connectivity index (χ4n) is 4.00. The summed E-state index contributed by atoms with van der Waals surface area (Å²) in [5.41, 5.74) is 3.75. The molecule has 1 aliphatic heterocycles. The number of benzene rings is 2. The molecule has 188 valence electrons. The lowest BCUT2D eigenvalue weighted by molar-refractivity contribution is -0.129. The first-order valence-corrected chi connectivity index (χ1v) is 12.7. The SMILES string of the molecule is CCCS(=O)(=O)Oc1ccccc1C1(c2ccc(F)c(-c3cc(Cl)cnc3F)c2)N=C(N)N(C)C1=O. The van der Waals surface area contributed by atoms with Crippen molar-refractivity contribution in [2.24, 2.45) is 10.7 Å². The molecule has 3 aromatic rings. The van der Waals surface area contributed by atoms with Crippen molar-refractivity contribution in [1.29, 1.82) is 0 Å². The van der Waals surface area contributed by atoms with Crippen molar-refractivity contribution in [3.05, 3.63) is 82.6 Å². The Kier molecular flexibility index (Phi) is 6.72. The maximum absolute atomic E-state index is 14.9. The molecule has 1 aliphatic rings. The van der Waals surface area contributed by atoms with E-state index >= 15 is 0 Å². The average Bonchev–Trinajstić information content (AvgIpc) is 3.05. The van der Waals surface area contributed by atoms with Crippen LogP contribution in [0.1, 0.15) is 24.5 Å². The highest BCUT2D eigenvalue weighted by atomic mass is 35.5. The van der Waals surface area contributed by atoms with E-state index in [1.807, 2.05) is 0 Å². The van der Waals surface area contributed by atoms with Gasteiger partial charge in [0.25, 0.3) is 5.91 Å². The molecule has 12 heteroatoms. The molecule has 0 saturated heterocycles. The number of likely N-dealkylation sites (N-methyl/N-ethyl adjacent to an activating group) is 1. The second-order valence-electron chi connectivity index (χ2n) is 8.07. The first-order valence-electron chi connectivity index (χ1n) is 10.8. The average molecular weight is 535 g/mol. The zero-order valence-corrected chi connectivity index (χ0v) is 20.8. The largest absolute Gasteiger partial charge is 0.382 e. The minimum Gasteiger partial charge on any atom is -0.382 e. The number of nitrogens with two attached hydrogens (primary N) is 1. The highest BCUT2D eigenvalue weighted by Gasteiger charge is 2.51. The van der Waals surface area contributed by atoms with E-state index in [2.05, 4.69) is 9.98 Å². The number of aliphatic imine (C=N–C) groups is 1. The quantitative estimate of drug-likeness (QED) is 0.364. The van der Waals surface area contributed by atoms with E-state index in [4.69, 9.17) is 21.5 Å². The van der Waals surface area contributed by atoms with Crippen LogP contribution < -0.4 is 9.92 Å². The van der Waals surface area contributed by atoms with Gasteiger partial charge < -0.3 is 9.92 Å². The van der Waals surface area contributed by atoms with Gasteiger partial charge >= 0.3 is 10.1 Å². The Labute approximate surface area is 211 Å². The van der Waals surface area contributed by atoms with Gasteiger partial charge in [0.15, 0.2) is 11.5 Å². The van der Waals surface area contributed by atoms with Crippen LogP contribution in [-0.4, -0.2) is 43.0 Å². The van der Waals surface area contributed by atoms with Gasteiger partial charge in [-0.2, -0.15) is 12.8 Å². The van der Waals surface area contributed by atoms with Crippen LogP contribution in [0.3, 0.4) is 0 Å². The van der Waals surface area contributed by atoms with Crippen molar-refractivity contribution >= 4 is 33.6 Å². The molecule has 1 aromatic heterocycles. The fourth-order valence-corrected chi connectivity index (χ4v) is 5.16. The predicted octanol–water partition coefficient (Wildman–Crippen LogP) is 3.83. The Bertz CT molecular complexity index is 1500. The fraction of sp³-hybridized carbons (Fsp3) is 0.208. The molecule has 1 atom stereocenters. The molecular weight excluding hydrogens is 514 g/mol. The topological polar surface area (TPSA) is 115 Å². The van der Waals surface area contributed by atoms with Crippen molar-refractivity contribution < 1.29 is 26.2 Å². The Balaban J connectivity index is 2.00. The Hall–Kier alpha value is -3.57. The lowest BCUT2D eigenvalue weighted by Crippen LogP contribution is -2.41. The third-order valence-electron chi connectivity index (χ3n) is 5.67. The smallest absolute Gasteiger partial charge is 0.309 e. The highest BCUT2D eigenvalue weighted by molar-refractivity contribution is 7.87. The normalized spacial score (nSPS) is 17.9. The van der Waals surface area contributed by atoms with Crippen LogP contribution in [-0.2, 0) is 20.5 Å². The lowest BCUT2D eigenvalue weighted by atomic mass is 9.81. The van der Waals surface area contributed by atoms with Gasteiger partial charge in [0.05, 0.1) is 10.8 Å². The van der Waals surface area contributed by atoms with E-state index in [1.54, 1.807) is 13.0 Å². The molecule has 0 bridgehead atoms. The van der Waals surface area contributed by atoms with Crippen LogP contribution >= 0.6 is 11.6 Å². The zero-order valence-electron chi connectivity index (χ0n) is 19.2. The van der Waals surface area contributed by atoms with Gasteiger partial charge in [0.1, 0.15) is 11.6 Å². The number of aromatic nitrogens is 1. The number of hydrogen-bond acceptors (Lipinski definition) is 7. The van der Waals surface area contributed by atoms with Gasteiger partial charge in [0, 0.05) is 29.9 Å². The molecule has 0 saturated carbocycles. The molecule has 2 N–H and O–H groups in total. The van der Waals surface area contributed by atoms with E-state index < -0.39 is 33.3 Å². The maximum Gasteiger partial charge on any atom is 0.309 e. The minimum atomic E-state index is -4.00. The Morgan fingerprint density at radius 3 is 2.53 bits per heavy atom. The van der Waals surface area contributed by atoms with Gasteiger partial charge in [-0.3, -0.25) is 9.69 Å². The van der Waals surface area contributed by atoms with Crippen LogP contribution in [0.4, 0.5) is 8.78 Å². The summed E-state index contributed by atoms with van der Waals surface area (Å²) in [4.78, 5) is 22.7.